The molecule has 1 aliphatic heterocycles. The first kappa shape index (κ1) is 29.2. The zero-order valence-electron chi connectivity index (χ0n) is 22.7. The average Bonchev–Trinajstić information content (AvgIpc) is 3.50. The Bertz CT molecular complexity index is 1140. The van der Waals surface area contributed by atoms with E-state index in [1.54, 1.807) is 6.20 Å². The van der Waals surface area contributed by atoms with E-state index in [1.165, 1.54) is 4.90 Å². The molecule has 6 N–H and O–H groups in total. The van der Waals surface area contributed by atoms with Crippen LogP contribution in [0, 0.1) is 11.8 Å². The number of aliphatic carboxylic acids is 1. The molecule has 1 aromatic carbocycles. The van der Waals surface area contributed by atoms with Gasteiger partial charge in [-0.05, 0) is 49.1 Å². The summed E-state index contributed by atoms with van der Waals surface area (Å²) in [4.78, 5) is 56.3. The summed E-state index contributed by atoms with van der Waals surface area (Å²) >= 11 is 0. The van der Waals surface area contributed by atoms with Crippen LogP contribution >= 0.6 is 0 Å². The quantitative estimate of drug-likeness (QED) is 0.285. The van der Waals surface area contributed by atoms with Gasteiger partial charge in [0, 0.05) is 30.1 Å². The van der Waals surface area contributed by atoms with E-state index in [1.807, 2.05) is 52.0 Å². The maximum absolute atomic E-state index is 13.7. The number of rotatable bonds is 12. The number of aromatic amines is 1. The Morgan fingerprint density at radius 1 is 1.03 bits per heavy atom. The number of amides is 3. The fraction of sp³-hybridized carbons (Fsp3) is 0.571. The maximum atomic E-state index is 13.7. The van der Waals surface area contributed by atoms with Gasteiger partial charge in [-0.3, -0.25) is 14.4 Å². The second-order valence-corrected chi connectivity index (χ2v) is 11.1. The van der Waals surface area contributed by atoms with E-state index in [-0.39, 0.29) is 18.3 Å². The number of H-pyrrole nitrogens is 1. The van der Waals surface area contributed by atoms with Crippen LogP contribution in [0.4, 0.5) is 0 Å². The van der Waals surface area contributed by atoms with Gasteiger partial charge >= 0.3 is 5.97 Å². The topological polar surface area (TPSA) is 158 Å². The number of hydrogen-bond donors (Lipinski definition) is 5. The summed E-state index contributed by atoms with van der Waals surface area (Å²) < 4.78 is 0. The zero-order valence-corrected chi connectivity index (χ0v) is 22.7. The molecule has 0 saturated carbocycles. The van der Waals surface area contributed by atoms with Crippen molar-refractivity contribution in [2.75, 3.05) is 6.54 Å². The van der Waals surface area contributed by atoms with Gasteiger partial charge in [0.2, 0.25) is 17.7 Å². The predicted octanol–water partition coefficient (Wildman–Crippen LogP) is 2.18. The van der Waals surface area contributed by atoms with Crippen LogP contribution in [-0.4, -0.2) is 69.4 Å². The number of carboxylic acid groups (broad SMARTS) is 1. The zero-order chi connectivity index (χ0) is 28.0. The lowest BCUT2D eigenvalue weighted by atomic mass is 9.99. The highest BCUT2D eigenvalue weighted by Crippen LogP contribution is 2.23. The van der Waals surface area contributed by atoms with Crippen LogP contribution in [0.15, 0.2) is 30.5 Å². The van der Waals surface area contributed by atoms with E-state index in [2.05, 4.69) is 15.6 Å². The number of aromatic nitrogens is 1. The molecule has 0 radical (unpaired) electrons. The van der Waals surface area contributed by atoms with Crippen molar-refractivity contribution in [1.29, 1.82) is 0 Å². The first-order valence-electron chi connectivity index (χ1n) is 13.4. The number of nitrogens with two attached hydrogens (primary N) is 1. The van der Waals surface area contributed by atoms with Gasteiger partial charge in [0.25, 0.3) is 0 Å². The van der Waals surface area contributed by atoms with Gasteiger partial charge < -0.3 is 31.4 Å². The number of para-hydroxylation sites is 1. The molecule has 0 spiro atoms. The van der Waals surface area contributed by atoms with Crippen molar-refractivity contribution in [3.8, 4) is 0 Å². The number of benzene rings is 1. The summed E-state index contributed by atoms with van der Waals surface area (Å²) in [5.41, 5.74) is 7.78. The lowest BCUT2D eigenvalue weighted by molar-refractivity contribution is -0.149. The number of likely N-dealkylation sites (tertiary alicyclic amines) is 1. The molecule has 0 bridgehead atoms. The summed E-state index contributed by atoms with van der Waals surface area (Å²) in [6, 6.07) is 4.09. The van der Waals surface area contributed by atoms with Crippen molar-refractivity contribution < 1.29 is 24.3 Å². The highest BCUT2D eigenvalue weighted by molar-refractivity contribution is 5.95. The molecular weight excluding hydrogens is 486 g/mol. The average molecular weight is 528 g/mol. The Hall–Kier alpha value is -3.40. The van der Waals surface area contributed by atoms with Crippen LogP contribution in [0.5, 0.6) is 0 Å². The molecule has 3 rings (SSSR count). The summed E-state index contributed by atoms with van der Waals surface area (Å²) in [6.07, 6.45) is 3.77. The summed E-state index contributed by atoms with van der Waals surface area (Å²) in [5.74, 6) is -2.10. The van der Waals surface area contributed by atoms with Crippen molar-refractivity contribution in [1.82, 2.24) is 20.5 Å². The number of nitrogens with zero attached hydrogens (tertiary/aromatic N) is 1. The first-order valence-corrected chi connectivity index (χ1v) is 13.4. The van der Waals surface area contributed by atoms with E-state index in [9.17, 15) is 24.3 Å². The minimum atomic E-state index is -1.06. The minimum Gasteiger partial charge on any atom is -0.480 e. The molecular formula is C28H41N5O5. The van der Waals surface area contributed by atoms with Crippen LogP contribution in [0.1, 0.15) is 58.9 Å². The van der Waals surface area contributed by atoms with Crippen molar-refractivity contribution in [2.45, 2.75) is 84.0 Å². The number of carbonyl (C=O) groups excluding carboxylic acids is 3. The molecule has 4 unspecified atom stereocenters. The fourth-order valence-electron chi connectivity index (χ4n) is 5.08. The standard InChI is InChI=1S/C28H41N5O5/c1-16(2)12-20(29)25(34)31-22(13-17(3)4)26(35)32-23(27(36)33-11-7-10-24(33)28(37)38)14-18-15-30-21-9-6-5-8-19(18)21/h5-6,8-9,15-17,20,22-24,30H,7,10-14,29H2,1-4H3,(H,31,34)(H,32,35)(H,37,38). The Morgan fingerprint density at radius 2 is 1.68 bits per heavy atom. The van der Waals surface area contributed by atoms with E-state index in [4.69, 9.17) is 5.73 Å². The predicted molar refractivity (Wildman–Crippen MR) is 145 cm³/mol. The van der Waals surface area contributed by atoms with Gasteiger partial charge in [-0.25, -0.2) is 4.79 Å². The van der Waals surface area contributed by atoms with Crippen molar-refractivity contribution in [2.24, 2.45) is 17.6 Å². The largest absolute Gasteiger partial charge is 0.480 e. The van der Waals surface area contributed by atoms with Gasteiger partial charge in [-0.1, -0.05) is 45.9 Å². The third kappa shape index (κ3) is 7.34. The molecule has 10 nitrogen and oxygen atoms in total. The molecule has 1 fully saturated rings. The lowest BCUT2D eigenvalue weighted by Crippen LogP contribution is -2.58. The highest BCUT2D eigenvalue weighted by atomic mass is 16.4. The normalized spacial score (nSPS) is 18.0. The molecule has 38 heavy (non-hydrogen) atoms. The molecule has 2 aromatic rings. The molecule has 208 valence electrons. The van der Waals surface area contributed by atoms with Gasteiger partial charge in [0.05, 0.1) is 6.04 Å². The second-order valence-electron chi connectivity index (χ2n) is 11.1. The maximum Gasteiger partial charge on any atom is 0.326 e. The summed E-state index contributed by atoms with van der Waals surface area (Å²) in [6.45, 7) is 8.13. The van der Waals surface area contributed by atoms with Crippen molar-refractivity contribution in [3.05, 3.63) is 36.0 Å². The number of hydrogen-bond acceptors (Lipinski definition) is 5. The monoisotopic (exact) mass is 527 g/mol. The number of carbonyl (C=O) groups is 4. The minimum absolute atomic E-state index is 0.0881. The highest BCUT2D eigenvalue weighted by Gasteiger charge is 2.38. The molecule has 1 aliphatic rings. The smallest absolute Gasteiger partial charge is 0.326 e. The van der Waals surface area contributed by atoms with Crippen LogP contribution < -0.4 is 16.4 Å². The number of nitrogens with one attached hydrogen (secondary N) is 3. The van der Waals surface area contributed by atoms with Crippen LogP contribution in [0.2, 0.25) is 0 Å². The van der Waals surface area contributed by atoms with E-state index in [0.717, 1.165) is 16.5 Å². The number of fused-ring (bicyclic) bond motifs is 1. The van der Waals surface area contributed by atoms with Crippen molar-refractivity contribution in [3.63, 3.8) is 0 Å². The fourth-order valence-corrected chi connectivity index (χ4v) is 5.08. The Kier molecular flexibility index (Phi) is 9.90. The Morgan fingerprint density at radius 3 is 2.34 bits per heavy atom. The molecule has 0 aliphatic carbocycles. The van der Waals surface area contributed by atoms with Gasteiger partial charge in [0.15, 0.2) is 0 Å². The van der Waals surface area contributed by atoms with E-state index < -0.39 is 47.9 Å². The third-order valence-corrected chi connectivity index (χ3v) is 6.94. The Balaban J connectivity index is 1.86. The van der Waals surface area contributed by atoms with E-state index >= 15 is 0 Å². The van der Waals surface area contributed by atoms with E-state index in [0.29, 0.717) is 32.2 Å². The van der Waals surface area contributed by atoms with Gasteiger partial charge in [-0.2, -0.15) is 0 Å². The van der Waals surface area contributed by atoms with Crippen LogP contribution in [0.25, 0.3) is 10.9 Å². The summed E-state index contributed by atoms with van der Waals surface area (Å²) in [7, 11) is 0. The van der Waals surface area contributed by atoms with Gasteiger partial charge in [0.1, 0.15) is 18.1 Å². The van der Waals surface area contributed by atoms with Crippen LogP contribution in [0.3, 0.4) is 0 Å². The molecule has 2 heterocycles. The molecule has 1 aromatic heterocycles. The first-order chi connectivity index (χ1) is 18.0. The van der Waals surface area contributed by atoms with Crippen LogP contribution in [-0.2, 0) is 25.6 Å². The Labute approximate surface area is 223 Å². The lowest BCUT2D eigenvalue weighted by Gasteiger charge is -2.29. The summed E-state index contributed by atoms with van der Waals surface area (Å²) in [5, 5.41) is 16.2. The number of carboxylic acids is 1. The second kappa shape index (κ2) is 12.9. The molecule has 1 saturated heterocycles. The molecule has 4 atom stereocenters. The SMILES string of the molecule is CC(C)CC(N)C(=O)NC(CC(C)C)C(=O)NC(Cc1c[nH]c2ccccc12)C(=O)N1CCCC1C(=O)O. The van der Waals surface area contributed by atoms with Gasteiger partial charge in [-0.15, -0.1) is 0 Å². The third-order valence-electron chi connectivity index (χ3n) is 6.94. The molecule has 3 amide bonds. The molecule has 10 heteroatoms. The van der Waals surface area contributed by atoms with Crippen molar-refractivity contribution >= 4 is 34.6 Å².